The van der Waals surface area contributed by atoms with Crippen LogP contribution >= 0.6 is 0 Å². The molecule has 0 N–H and O–H groups in total. The maximum atomic E-state index is 14.5. The van der Waals surface area contributed by atoms with Gasteiger partial charge in [-0.1, -0.05) is 66.7 Å². The molecule has 0 fully saturated rings. The Hall–Kier alpha value is -4.06. The Morgan fingerprint density at radius 2 is 1.03 bits per heavy atom. The minimum atomic E-state index is -2.20. The highest BCUT2D eigenvalue weighted by Gasteiger charge is 2.28. The fourth-order valence-electron chi connectivity index (χ4n) is 3.85. The molecule has 33 heavy (non-hydrogen) atoms. The van der Waals surface area contributed by atoms with Crippen LogP contribution in [-0.2, 0) is 0 Å². The molecule has 162 valence electrons. The second-order valence-corrected chi connectivity index (χ2v) is 7.46. The molecule has 5 rings (SSSR count). The molecule has 0 amide bonds. The Morgan fingerprint density at radius 3 is 1.64 bits per heavy atom. The topological polar surface area (TPSA) is 12.9 Å². The largest absolute Gasteiger partial charge is 0.248 e. The van der Waals surface area contributed by atoms with Crippen molar-refractivity contribution >= 4 is 10.9 Å². The Kier molecular flexibility index (Phi) is 5.13. The third-order valence-corrected chi connectivity index (χ3v) is 5.47. The van der Waals surface area contributed by atoms with Crippen LogP contribution in [-0.4, -0.2) is 4.98 Å². The van der Waals surface area contributed by atoms with Crippen LogP contribution in [0.2, 0.25) is 0 Å². The molecule has 0 saturated carbocycles. The summed E-state index contributed by atoms with van der Waals surface area (Å²) in [7, 11) is 0. The zero-order chi connectivity index (χ0) is 23.1. The third kappa shape index (κ3) is 3.53. The van der Waals surface area contributed by atoms with E-state index >= 15 is 0 Å². The molecule has 4 aromatic carbocycles. The summed E-state index contributed by atoms with van der Waals surface area (Å²) in [5.41, 5.74) is 2.07. The highest BCUT2D eigenvalue weighted by Crippen LogP contribution is 2.37. The van der Waals surface area contributed by atoms with Crippen molar-refractivity contribution < 1.29 is 22.0 Å². The van der Waals surface area contributed by atoms with E-state index in [1.165, 1.54) is 6.07 Å². The van der Waals surface area contributed by atoms with E-state index in [0.29, 0.717) is 22.0 Å². The van der Waals surface area contributed by atoms with Gasteiger partial charge in [0.2, 0.25) is 5.82 Å². The maximum Gasteiger partial charge on any atom is 0.200 e. The van der Waals surface area contributed by atoms with E-state index < -0.39 is 34.6 Å². The number of nitrogens with zero attached hydrogens (tertiary/aromatic N) is 1. The Morgan fingerprint density at radius 1 is 0.485 bits per heavy atom. The van der Waals surface area contributed by atoms with Gasteiger partial charge in [-0.3, -0.25) is 0 Å². The van der Waals surface area contributed by atoms with Gasteiger partial charge in [-0.25, -0.2) is 26.9 Å². The van der Waals surface area contributed by atoms with Gasteiger partial charge in [0.15, 0.2) is 23.3 Å². The first kappa shape index (κ1) is 20.8. The van der Waals surface area contributed by atoms with Crippen molar-refractivity contribution in [2.24, 2.45) is 0 Å². The molecule has 0 radical (unpaired) electrons. The number of benzene rings is 4. The quantitative estimate of drug-likeness (QED) is 0.155. The van der Waals surface area contributed by atoms with Crippen LogP contribution in [0.4, 0.5) is 22.0 Å². The normalized spacial score (nSPS) is 11.2. The van der Waals surface area contributed by atoms with Crippen LogP contribution in [0.25, 0.3) is 44.4 Å². The van der Waals surface area contributed by atoms with Crippen LogP contribution < -0.4 is 0 Å². The van der Waals surface area contributed by atoms with E-state index in [1.54, 1.807) is 36.4 Å². The predicted octanol–water partition coefficient (Wildman–Crippen LogP) is 7.93. The highest BCUT2D eigenvalue weighted by atomic mass is 19.2. The summed E-state index contributed by atoms with van der Waals surface area (Å²) < 4.78 is 70.4. The minimum absolute atomic E-state index is 0.346. The number of halogens is 5. The number of aromatic nitrogens is 1. The molecule has 0 saturated heterocycles. The fourth-order valence-corrected chi connectivity index (χ4v) is 3.85. The summed E-state index contributed by atoms with van der Waals surface area (Å²) in [5, 5.41) is 0.676. The first-order valence-corrected chi connectivity index (χ1v) is 10.0. The number of hydrogen-bond acceptors (Lipinski definition) is 1. The summed E-state index contributed by atoms with van der Waals surface area (Å²) in [4.78, 5) is 4.26. The van der Waals surface area contributed by atoms with Gasteiger partial charge in [-0.15, -0.1) is 0 Å². The summed E-state index contributed by atoms with van der Waals surface area (Å²) in [6, 6.07) is 25.3. The number of pyridine rings is 1. The molecule has 1 aromatic heterocycles. The van der Waals surface area contributed by atoms with Crippen molar-refractivity contribution in [1.29, 1.82) is 0 Å². The smallest absolute Gasteiger partial charge is 0.200 e. The molecule has 0 aliphatic rings. The minimum Gasteiger partial charge on any atom is -0.248 e. The van der Waals surface area contributed by atoms with E-state index in [1.807, 2.05) is 42.5 Å². The van der Waals surface area contributed by atoms with Crippen LogP contribution in [0.3, 0.4) is 0 Å². The summed E-state index contributed by atoms with van der Waals surface area (Å²) in [6.07, 6.45) is 0. The second kappa shape index (κ2) is 8.13. The van der Waals surface area contributed by atoms with Crippen LogP contribution in [0.5, 0.6) is 0 Å². The van der Waals surface area contributed by atoms with Crippen LogP contribution in [0, 0.1) is 29.1 Å². The SMILES string of the molecule is Fc1c(F)c(F)c(-c2cc(-c3ccccc3)c3cc(-c4ccccc4)ccc3n2)c(F)c1F. The molecule has 0 unspecified atom stereocenters. The molecule has 6 heteroatoms. The van der Waals surface area contributed by atoms with E-state index in [-0.39, 0.29) is 5.69 Å². The maximum absolute atomic E-state index is 14.5. The molecular weight excluding hydrogens is 433 g/mol. The van der Waals surface area contributed by atoms with Gasteiger partial charge < -0.3 is 0 Å². The Labute approximate surface area is 185 Å². The van der Waals surface area contributed by atoms with Gasteiger partial charge in [-0.05, 0) is 40.5 Å². The number of fused-ring (bicyclic) bond motifs is 1. The molecule has 0 atom stereocenters. The molecule has 0 aliphatic carbocycles. The van der Waals surface area contributed by atoms with Crippen molar-refractivity contribution in [2.45, 2.75) is 0 Å². The molecule has 1 nitrogen and oxygen atoms in total. The lowest BCUT2D eigenvalue weighted by Gasteiger charge is -2.14. The Bertz CT molecular complexity index is 1470. The van der Waals surface area contributed by atoms with Crippen molar-refractivity contribution in [3.05, 3.63) is 114 Å². The zero-order valence-corrected chi connectivity index (χ0v) is 16.9. The van der Waals surface area contributed by atoms with Crippen LogP contribution in [0.1, 0.15) is 0 Å². The first-order valence-electron chi connectivity index (χ1n) is 10.0. The molecule has 0 bridgehead atoms. The second-order valence-electron chi connectivity index (χ2n) is 7.46. The highest BCUT2D eigenvalue weighted by molar-refractivity contribution is 5.99. The molecule has 0 spiro atoms. The lowest BCUT2D eigenvalue weighted by atomic mass is 9.95. The van der Waals surface area contributed by atoms with Crippen LogP contribution in [0.15, 0.2) is 84.9 Å². The molecule has 5 aromatic rings. The van der Waals surface area contributed by atoms with E-state index in [4.69, 9.17) is 0 Å². The standard InChI is InChI=1S/C27H14F5N/c28-23-22(24(29)26(31)27(32)25(23)30)21-14-18(16-9-5-2-6-10-16)19-13-17(11-12-20(19)33-21)15-7-3-1-4-8-15/h1-14H. The lowest BCUT2D eigenvalue weighted by Crippen LogP contribution is -2.05. The third-order valence-electron chi connectivity index (χ3n) is 5.47. The molecular formula is C27H14F5N. The van der Waals surface area contributed by atoms with Gasteiger partial charge in [-0.2, -0.15) is 0 Å². The van der Waals surface area contributed by atoms with Gasteiger partial charge in [0, 0.05) is 5.39 Å². The van der Waals surface area contributed by atoms with Gasteiger partial charge in [0.25, 0.3) is 0 Å². The summed E-state index contributed by atoms with van der Waals surface area (Å²) in [5.74, 6) is -10.1. The Balaban J connectivity index is 1.83. The predicted molar refractivity (Wildman–Crippen MR) is 118 cm³/mol. The fraction of sp³-hybridized carbons (Fsp3) is 0. The summed E-state index contributed by atoms with van der Waals surface area (Å²) >= 11 is 0. The van der Waals surface area contributed by atoms with E-state index in [9.17, 15) is 22.0 Å². The van der Waals surface area contributed by atoms with Crippen molar-refractivity contribution in [3.63, 3.8) is 0 Å². The number of hydrogen-bond donors (Lipinski definition) is 0. The van der Waals surface area contributed by atoms with Crippen molar-refractivity contribution in [1.82, 2.24) is 4.98 Å². The summed E-state index contributed by atoms with van der Waals surface area (Å²) in [6.45, 7) is 0. The average molecular weight is 447 g/mol. The van der Waals surface area contributed by atoms with E-state index in [2.05, 4.69) is 4.98 Å². The van der Waals surface area contributed by atoms with Crippen molar-refractivity contribution in [2.75, 3.05) is 0 Å². The molecule has 0 aliphatic heterocycles. The van der Waals surface area contributed by atoms with Gasteiger partial charge >= 0.3 is 0 Å². The first-order chi connectivity index (χ1) is 16.0. The zero-order valence-electron chi connectivity index (χ0n) is 16.9. The number of rotatable bonds is 3. The molecule has 1 heterocycles. The average Bonchev–Trinajstić information content (AvgIpc) is 2.86. The van der Waals surface area contributed by atoms with E-state index in [0.717, 1.165) is 11.1 Å². The van der Waals surface area contributed by atoms with Gasteiger partial charge in [0.05, 0.1) is 16.8 Å². The lowest BCUT2D eigenvalue weighted by molar-refractivity contribution is 0.381. The van der Waals surface area contributed by atoms with Crippen molar-refractivity contribution in [3.8, 4) is 33.5 Å². The monoisotopic (exact) mass is 447 g/mol. The van der Waals surface area contributed by atoms with Gasteiger partial charge in [0.1, 0.15) is 0 Å².